The molecule has 2 N–H and O–H groups in total. The predicted octanol–water partition coefficient (Wildman–Crippen LogP) is 2.20. The van der Waals surface area contributed by atoms with E-state index in [-0.39, 0.29) is 12.4 Å². The molecule has 0 radical (unpaired) electrons. The summed E-state index contributed by atoms with van der Waals surface area (Å²) in [5.74, 6) is -2.59. The van der Waals surface area contributed by atoms with Gasteiger partial charge in [0.1, 0.15) is 11.3 Å². The molecular formula is C13H10FNO4. The summed E-state index contributed by atoms with van der Waals surface area (Å²) in [6.45, 7) is -0.178. The fourth-order valence-corrected chi connectivity index (χ4v) is 1.48. The molecule has 0 aliphatic heterocycles. The van der Waals surface area contributed by atoms with Crippen LogP contribution >= 0.6 is 0 Å². The second kappa shape index (κ2) is 5.45. The number of rotatable bonds is 4. The summed E-state index contributed by atoms with van der Waals surface area (Å²) in [5, 5.41) is 17.8. The smallest absolute Gasteiger partial charge is 0.338 e. The average molecular weight is 263 g/mol. The first-order valence-electron chi connectivity index (χ1n) is 5.37. The van der Waals surface area contributed by atoms with Gasteiger partial charge >= 0.3 is 5.97 Å². The SMILES string of the molecule is O=C(O)c1ccnc(Oc2cccc(CO)c2)c1F. The second-order valence-corrected chi connectivity index (χ2v) is 3.69. The Morgan fingerprint density at radius 2 is 2.16 bits per heavy atom. The van der Waals surface area contributed by atoms with Gasteiger partial charge in [-0.1, -0.05) is 12.1 Å². The van der Waals surface area contributed by atoms with Gasteiger partial charge in [-0.15, -0.1) is 0 Å². The number of pyridine rings is 1. The van der Waals surface area contributed by atoms with Crippen LogP contribution in [0, 0.1) is 5.82 Å². The van der Waals surface area contributed by atoms with Crippen molar-refractivity contribution in [3.05, 3.63) is 53.5 Å². The topological polar surface area (TPSA) is 79.7 Å². The van der Waals surface area contributed by atoms with Crippen molar-refractivity contribution in [2.45, 2.75) is 6.61 Å². The van der Waals surface area contributed by atoms with E-state index in [0.717, 1.165) is 12.3 Å². The summed E-state index contributed by atoms with van der Waals surface area (Å²) in [4.78, 5) is 14.4. The summed E-state index contributed by atoms with van der Waals surface area (Å²) in [6.07, 6.45) is 1.15. The van der Waals surface area contributed by atoms with Crippen LogP contribution in [-0.4, -0.2) is 21.2 Å². The van der Waals surface area contributed by atoms with Crippen molar-refractivity contribution < 1.29 is 24.1 Å². The molecule has 0 spiro atoms. The number of carbonyl (C=O) groups is 1. The molecule has 0 saturated carbocycles. The predicted molar refractivity (Wildman–Crippen MR) is 63.6 cm³/mol. The molecule has 0 bridgehead atoms. The van der Waals surface area contributed by atoms with Crippen LogP contribution in [-0.2, 0) is 6.61 Å². The van der Waals surface area contributed by atoms with E-state index >= 15 is 0 Å². The number of hydrogen-bond acceptors (Lipinski definition) is 4. The molecule has 0 aliphatic rings. The van der Waals surface area contributed by atoms with Crippen molar-refractivity contribution in [2.75, 3.05) is 0 Å². The highest BCUT2D eigenvalue weighted by molar-refractivity contribution is 5.88. The molecule has 1 heterocycles. The molecule has 1 aromatic heterocycles. The van der Waals surface area contributed by atoms with Crippen molar-refractivity contribution >= 4 is 5.97 Å². The van der Waals surface area contributed by atoms with E-state index in [1.807, 2.05) is 0 Å². The summed E-state index contributed by atoms with van der Waals surface area (Å²) < 4.78 is 19.0. The average Bonchev–Trinajstić information content (AvgIpc) is 2.41. The maximum Gasteiger partial charge on any atom is 0.338 e. The number of halogens is 1. The van der Waals surface area contributed by atoms with Crippen molar-refractivity contribution in [1.82, 2.24) is 4.98 Å². The molecule has 0 atom stereocenters. The Morgan fingerprint density at radius 3 is 2.84 bits per heavy atom. The highest BCUT2D eigenvalue weighted by Gasteiger charge is 2.16. The molecule has 2 rings (SSSR count). The quantitative estimate of drug-likeness (QED) is 0.884. The van der Waals surface area contributed by atoms with E-state index in [9.17, 15) is 9.18 Å². The monoisotopic (exact) mass is 263 g/mol. The first-order valence-corrected chi connectivity index (χ1v) is 5.37. The summed E-state index contributed by atoms with van der Waals surface area (Å²) in [6, 6.07) is 7.40. The van der Waals surface area contributed by atoms with Crippen molar-refractivity contribution in [2.24, 2.45) is 0 Å². The fourth-order valence-electron chi connectivity index (χ4n) is 1.48. The molecule has 0 unspecified atom stereocenters. The van der Waals surface area contributed by atoms with Gasteiger partial charge in [-0.2, -0.15) is 0 Å². The maximum atomic E-state index is 13.8. The van der Waals surface area contributed by atoms with Gasteiger partial charge < -0.3 is 14.9 Å². The first-order chi connectivity index (χ1) is 9.11. The van der Waals surface area contributed by atoms with Crippen LogP contribution in [0.25, 0.3) is 0 Å². The number of carboxylic acid groups (broad SMARTS) is 1. The first kappa shape index (κ1) is 13.0. The van der Waals surface area contributed by atoms with Crippen LogP contribution in [0.15, 0.2) is 36.5 Å². The molecule has 0 amide bonds. The van der Waals surface area contributed by atoms with Crippen LogP contribution in [0.4, 0.5) is 4.39 Å². The lowest BCUT2D eigenvalue weighted by atomic mass is 10.2. The number of aromatic carboxylic acids is 1. The largest absolute Gasteiger partial charge is 0.478 e. The van der Waals surface area contributed by atoms with Gasteiger partial charge in [0, 0.05) is 6.20 Å². The fraction of sp³-hybridized carbons (Fsp3) is 0.0769. The molecule has 0 aliphatic carbocycles. The van der Waals surface area contributed by atoms with Gasteiger partial charge in [-0.05, 0) is 23.8 Å². The summed E-state index contributed by atoms with van der Waals surface area (Å²) in [7, 11) is 0. The minimum Gasteiger partial charge on any atom is -0.478 e. The lowest BCUT2D eigenvalue weighted by Gasteiger charge is -2.07. The number of carboxylic acids is 1. The molecule has 6 heteroatoms. The zero-order chi connectivity index (χ0) is 13.8. The molecule has 19 heavy (non-hydrogen) atoms. The van der Waals surface area contributed by atoms with Crippen LogP contribution in [0.2, 0.25) is 0 Å². The Morgan fingerprint density at radius 1 is 1.37 bits per heavy atom. The lowest BCUT2D eigenvalue weighted by molar-refractivity contribution is 0.0690. The Bertz CT molecular complexity index is 615. The molecule has 1 aromatic carbocycles. The normalized spacial score (nSPS) is 10.2. The summed E-state index contributed by atoms with van der Waals surface area (Å²) in [5.41, 5.74) is 0.0793. The number of benzene rings is 1. The number of aromatic nitrogens is 1. The van der Waals surface area contributed by atoms with E-state index in [2.05, 4.69) is 4.98 Å². The lowest BCUT2D eigenvalue weighted by Crippen LogP contribution is -2.03. The number of ether oxygens (including phenoxy) is 1. The van der Waals surface area contributed by atoms with Crippen molar-refractivity contribution in [1.29, 1.82) is 0 Å². The molecule has 98 valence electrons. The van der Waals surface area contributed by atoms with E-state index in [4.69, 9.17) is 14.9 Å². The Balaban J connectivity index is 2.33. The molecule has 0 saturated heterocycles. The van der Waals surface area contributed by atoms with Gasteiger partial charge in [-0.3, -0.25) is 0 Å². The van der Waals surface area contributed by atoms with E-state index in [0.29, 0.717) is 5.56 Å². The molecule has 5 nitrogen and oxygen atoms in total. The zero-order valence-electron chi connectivity index (χ0n) is 9.71. The van der Waals surface area contributed by atoms with Crippen LogP contribution < -0.4 is 4.74 Å². The second-order valence-electron chi connectivity index (χ2n) is 3.69. The minimum atomic E-state index is -1.39. The van der Waals surface area contributed by atoms with Crippen LogP contribution in [0.3, 0.4) is 0 Å². The van der Waals surface area contributed by atoms with Crippen molar-refractivity contribution in [3.63, 3.8) is 0 Å². The zero-order valence-corrected chi connectivity index (χ0v) is 9.71. The summed E-state index contributed by atoms with van der Waals surface area (Å²) >= 11 is 0. The third-order valence-electron chi connectivity index (χ3n) is 2.38. The molecule has 2 aromatic rings. The van der Waals surface area contributed by atoms with Gasteiger partial charge in [0.25, 0.3) is 5.88 Å². The highest BCUT2D eigenvalue weighted by atomic mass is 19.1. The van der Waals surface area contributed by atoms with E-state index < -0.39 is 23.2 Å². The standard InChI is InChI=1S/C13H10FNO4/c14-11-10(13(17)18)4-5-15-12(11)19-9-3-1-2-8(6-9)7-16/h1-6,16H,7H2,(H,17,18). The highest BCUT2D eigenvalue weighted by Crippen LogP contribution is 2.24. The Labute approximate surface area is 107 Å². The number of hydrogen-bond donors (Lipinski definition) is 2. The van der Waals surface area contributed by atoms with Gasteiger partial charge in [0.15, 0.2) is 5.82 Å². The molecule has 0 fully saturated rings. The van der Waals surface area contributed by atoms with Crippen LogP contribution in [0.1, 0.15) is 15.9 Å². The number of aliphatic hydroxyl groups is 1. The Hall–Kier alpha value is -2.47. The maximum absolute atomic E-state index is 13.8. The van der Waals surface area contributed by atoms with Gasteiger partial charge in [0.05, 0.1) is 6.61 Å². The van der Waals surface area contributed by atoms with Crippen LogP contribution in [0.5, 0.6) is 11.6 Å². The number of nitrogens with zero attached hydrogens (tertiary/aromatic N) is 1. The molecular weight excluding hydrogens is 253 g/mol. The van der Waals surface area contributed by atoms with E-state index in [1.165, 1.54) is 6.07 Å². The van der Waals surface area contributed by atoms with E-state index in [1.54, 1.807) is 18.2 Å². The third kappa shape index (κ3) is 2.86. The van der Waals surface area contributed by atoms with Gasteiger partial charge in [-0.25, -0.2) is 14.2 Å². The minimum absolute atomic E-state index is 0.178. The Kier molecular flexibility index (Phi) is 3.72. The van der Waals surface area contributed by atoms with Crippen molar-refractivity contribution in [3.8, 4) is 11.6 Å². The van der Waals surface area contributed by atoms with Gasteiger partial charge in [0.2, 0.25) is 0 Å². The number of aliphatic hydroxyl groups excluding tert-OH is 1. The third-order valence-corrected chi connectivity index (χ3v) is 2.38.